The standard InChI is InChI=1S/C12H17NO/c1-3-9-13-11-8-6-5-7-10(11)12(14)4-2/h5-8,13H,3-4,9H2,1-2H3. The Bertz CT molecular complexity index is 307. The molecule has 0 fully saturated rings. The van der Waals surface area contributed by atoms with Crippen molar-refractivity contribution in [3.05, 3.63) is 29.8 Å². The number of rotatable bonds is 5. The van der Waals surface area contributed by atoms with Gasteiger partial charge in [0.05, 0.1) is 0 Å². The minimum absolute atomic E-state index is 0.198. The van der Waals surface area contributed by atoms with E-state index >= 15 is 0 Å². The molecule has 0 saturated heterocycles. The third-order valence-corrected chi connectivity index (χ3v) is 2.11. The fourth-order valence-corrected chi connectivity index (χ4v) is 1.33. The first kappa shape index (κ1) is 10.8. The molecule has 1 aromatic rings. The van der Waals surface area contributed by atoms with Crippen LogP contribution >= 0.6 is 0 Å². The van der Waals surface area contributed by atoms with E-state index in [9.17, 15) is 4.79 Å². The predicted molar refractivity (Wildman–Crippen MR) is 59.8 cm³/mol. The van der Waals surface area contributed by atoms with Gasteiger partial charge >= 0.3 is 0 Å². The van der Waals surface area contributed by atoms with Gasteiger partial charge in [-0.2, -0.15) is 0 Å². The lowest BCUT2D eigenvalue weighted by Gasteiger charge is -2.09. The zero-order valence-corrected chi connectivity index (χ0v) is 8.84. The molecule has 0 amide bonds. The minimum Gasteiger partial charge on any atom is -0.384 e. The molecule has 76 valence electrons. The van der Waals surface area contributed by atoms with Crippen molar-refractivity contribution in [2.75, 3.05) is 11.9 Å². The van der Waals surface area contributed by atoms with Gasteiger partial charge in [-0.3, -0.25) is 4.79 Å². The van der Waals surface area contributed by atoms with Crippen LogP contribution in [0.4, 0.5) is 5.69 Å². The summed E-state index contributed by atoms with van der Waals surface area (Å²) in [5.74, 6) is 0.198. The molecule has 0 aliphatic carbocycles. The van der Waals surface area contributed by atoms with Crippen LogP contribution in [-0.2, 0) is 0 Å². The number of benzene rings is 1. The number of hydrogen-bond acceptors (Lipinski definition) is 2. The molecule has 0 unspecified atom stereocenters. The molecule has 1 aromatic carbocycles. The number of hydrogen-bond donors (Lipinski definition) is 1. The van der Waals surface area contributed by atoms with E-state index in [0.29, 0.717) is 6.42 Å². The van der Waals surface area contributed by atoms with Gasteiger partial charge in [-0.05, 0) is 18.6 Å². The molecule has 0 radical (unpaired) electrons. The Kier molecular flexibility index (Phi) is 4.17. The van der Waals surface area contributed by atoms with E-state index in [4.69, 9.17) is 0 Å². The van der Waals surface area contributed by atoms with Gasteiger partial charge in [0.1, 0.15) is 0 Å². The molecule has 2 heteroatoms. The molecule has 0 saturated carbocycles. The maximum atomic E-state index is 11.6. The fraction of sp³-hybridized carbons (Fsp3) is 0.417. The minimum atomic E-state index is 0.198. The molecule has 14 heavy (non-hydrogen) atoms. The van der Waals surface area contributed by atoms with E-state index in [2.05, 4.69) is 12.2 Å². The third kappa shape index (κ3) is 2.59. The first-order valence-electron chi connectivity index (χ1n) is 5.15. The number of anilines is 1. The summed E-state index contributed by atoms with van der Waals surface area (Å²) in [4.78, 5) is 11.6. The summed E-state index contributed by atoms with van der Waals surface area (Å²) in [5.41, 5.74) is 1.77. The first-order chi connectivity index (χ1) is 6.79. The van der Waals surface area contributed by atoms with Crippen molar-refractivity contribution < 1.29 is 4.79 Å². The lowest BCUT2D eigenvalue weighted by Crippen LogP contribution is -2.06. The van der Waals surface area contributed by atoms with E-state index in [1.807, 2.05) is 31.2 Å². The lowest BCUT2D eigenvalue weighted by molar-refractivity contribution is 0.0989. The second-order valence-electron chi connectivity index (χ2n) is 3.25. The molecular weight excluding hydrogens is 174 g/mol. The largest absolute Gasteiger partial charge is 0.384 e. The smallest absolute Gasteiger partial charge is 0.164 e. The number of nitrogens with one attached hydrogen (secondary N) is 1. The topological polar surface area (TPSA) is 29.1 Å². The van der Waals surface area contributed by atoms with E-state index in [1.54, 1.807) is 0 Å². The van der Waals surface area contributed by atoms with Crippen molar-refractivity contribution in [3.63, 3.8) is 0 Å². The molecular formula is C12H17NO. The highest BCUT2D eigenvalue weighted by atomic mass is 16.1. The van der Waals surface area contributed by atoms with Crippen molar-refractivity contribution in [2.24, 2.45) is 0 Å². The SMILES string of the molecule is CCCNc1ccccc1C(=O)CC. The van der Waals surface area contributed by atoms with Crippen LogP contribution in [0.1, 0.15) is 37.0 Å². The van der Waals surface area contributed by atoms with Crippen molar-refractivity contribution in [1.82, 2.24) is 0 Å². The lowest BCUT2D eigenvalue weighted by atomic mass is 10.1. The Balaban J connectivity index is 2.85. The van der Waals surface area contributed by atoms with Crippen molar-refractivity contribution in [3.8, 4) is 0 Å². The molecule has 1 rings (SSSR count). The maximum Gasteiger partial charge on any atom is 0.164 e. The van der Waals surface area contributed by atoms with Crippen LogP contribution in [0.5, 0.6) is 0 Å². The Morgan fingerprint density at radius 1 is 1.29 bits per heavy atom. The Morgan fingerprint density at radius 2 is 2.00 bits per heavy atom. The molecule has 1 N–H and O–H groups in total. The summed E-state index contributed by atoms with van der Waals surface area (Å²) < 4.78 is 0. The van der Waals surface area contributed by atoms with Gasteiger partial charge in [-0.25, -0.2) is 0 Å². The van der Waals surface area contributed by atoms with E-state index in [0.717, 1.165) is 24.2 Å². The van der Waals surface area contributed by atoms with E-state index < -0.39 is 0 Å². The van der Waals surface area contributed by atoms with Gasteiger partial charge in [-0.1, -0.05) is 26.0 Å². The summed E-state index contributed by atoms with van der Waals surface area (Å²) >= 11 is 0. The van der Waals surface area contributed by atoms with Crippen LogP contribution in [0.25, 0.3) is 0 Å². The molecule has 0 aliphatic heterocycles. The van der Waals surface area contributed by atoms with Crippen LogP contribution in [-0.4, -0.2) is 12.3 Å². The Labute approximate surface area is 85.3 Å². The number of para-hydroxylation sites is 1. The van der Waals surface area contributed by atoms with Crippen molar-refractivity contribution in [2.45, 2.75) is 26.7 Å². The molecule has 0 bridgehead atoms. The van der Waals surface area contributed by atoms with Crippen LogP contribution in [0.2, 0.25) is 0 Å². The van der Waals surface area contributed by atoms with Crippen LogP contribution in [0.15, 0.2) is 24.3 Å². The van der Waals surface area contributed by atoms with Gasteiger partial charge in [0.15, 0.2) is 5.78 Å². The quantitative estimate of drug-likeness (QED) is 0.724. The number of ketones is 1. The summed E-state index contributed by atoms with van der Waals surface area (Å²) in [6.07, 6.45) is 1.62. The second-order valence-corrected chi connectivity index (χ2v) is 3.25. The molecule has 0 heterocycles. The van der Waals surface area contributed by atoms with Crippen LogP contribution in [0.3, 0.4) is 0 Å². The van der Waals surface area contributed by atoms with Gasteiger partial charge in [-0.15, -0.1) is 0 Å². The number of carbonyl (C=O) groups excluding carboxylic acids is 1. The van der Waals surface area contributed by atoms with Crippen LogP contribution < -0.4 is 5.32 Å². The number of carbonyl (C=O) groups is 1. The molecule has 0 aliphatic rings. The highest BCUT2D eigenvalue weighted by molar-refractivity contribution is 6.00. The monoisotopic (exact) mass is 191 g/mol. The number of Topliss-reactive ketones (excluding diaryl/α,β-unsaturated/α-hetero) is 1. The summed E-state index contributed by atoms with van der Waals surface area (Å²) in [7, 11) is 0. The fourth-order valence-electron chi connectivity index (χ4n) is 1.33. The summed E-state index contributed by atoms with van der Waals surface area (Å²) in [5, 5.41) is 3.26. The maximum absolute atomic E-state index is 11.6. The van der Waals surface area contributed by atoms with Crippen molar-refractivity contribution in [1.29, 1.82) is 0 Å². The molecule has 0 atom stereocenters. The van der Waals surface area contributed by atoms with E-state index in [-0.39, 0.29) is 5.78 Å². The molecule has 2 nitrogen and oxygen atoms in total. The first-order valence-corrected chi connectivity index (χ1v) is 5.15. The Hall–Kier alpha value is -1.31. The third-order valence-electron chi connectivity index (χ3n) is 2.11. The van der Waals surface area contributed by atoms with Gasteiger partial charge in [0.2, 0.25) is 0 Å². The van der Waals surface area contributed by atoms with Gasteiger partial charge < -0.3 is 5.32 Å². The summed E-state index contributed by atoms with van der Waals surface area (Å²) in [6, 6.07) is 7.69. The average molecular weight is 191 g/mol. The van der Waals surface area contributed by atoms with Crippen molar-refractivity contribution >= 4 is 11.5 Å². The van der Waals surface area contributed by atoms with E-state index in [1.165, 1.54) is 0 Å². The van der Waals surface area contributed by atoms with Gasteiger partial charge in [0, 0.05) is 24.2 Å². The highest BCUT2D eigenvalue weighted by Crippen LogP contribution is 2.16. The zero-order chi connectivity index (χ0) is 10.4. The van der Waals surface area contributed by atoms with Gasteiger partial charge in [0.25, 0.3) is 0 Å². The summed E-state index contributed by atoms with van der Waals surface area (Å²) in [6.45, 7) is 4.91. The van der Waals surface area contributed by atoms with Crippen LogP contribution in [0, 0.1) is 0 Å². The predicted octanol–water partition coefficient (Wildman–Crippen LogP) is 3.10. The normalized spacial score (nSPS) is 9.86. The molecule has 0 spiro atoms. The zero-order valence-electron chi connectivity index (χ0n) is 8.84. The average Bonchev–Trinajstić information content (AvgIpc) is 2.25. The Morgan fingerprint density at radius 3 is 2.64 bits per heavy atom. The second kappa shape index (κ2) is 5.43. The highest BCUT2D eigenvalue weighted by Gasteiger charge is 2.07. The molecule has 0 aromatic heterocycles.